The summed E-state index contributed by atoms with van der Waals surface area (Å²) in [5.41, 5.74) is -0.473. The molecule has 10 nitrogen and oxygen atoms in total. The van der Waals surface area contributed by atoms with Gasteiger partial charge in [-0.1, -0.05) is 0 Å². The van der Waals surface area contributed by atoms with Crippen molar-refractivity contribution in [3.63, 3.8) is 0 Å². The maximum absolute atomic E-state index is 12.4. The Labute approximate surface area is 218 Å². The number of benzene rings is 1. The Morgan fingerprint density at radius 1 is 0.973 bits per heavy atom. The smallest absolute Gasteiger partial charge is 0.410 e. The summed E-state index contributed by atoms with van der Waals surface area (Å²) in [7, 11) is 2.53. The Morgan fingerprint density at radius 2 is 1.62 bits per heavy atom. The van der Waals surface area contributed by atoms with Crippen LogP contribution in [0.15, 0.2) is 18.2 Å². The minimum Gasteiger partial charge on any atom is -0.490 e. The van der Waals surface area contributed by atoms with Gasteiger partial charge in [-0.25, -0.2) is 14.4 Å². The summed E-state index contributed by atoms with van der Waals surface area (Å²) in [5.74, 6) is -0.702. The summed E-state index contributed by atoms with van der Waals surface area (Å²) in [6.07, 6.45) is 3.08. The van der Waals surface area contributed by atoms with Crippen LogP contribution in [0.1, 0.15) is 67.2 Å². The van der Waals surface area contributed by atoms with Crippen LogP contribution in [0, 0.1) is 0 Å². The van der Waals surface area contributed by atoms with Gasteiger partial charge in [-0.2, -0.15) is 0 Å². The molecule has 1 aliphatic carbocycles. The fraction of sp³-hybridized carbons (Fsp3) is 0.667. The predicted molar refractivity (Wildman–Crippen MR) is 134 cm³/mol. The minimum atomic E-state index is -0.617. The van der Waals surface area contributed by atoms with E-state index in [1.165, 1.54) is 26.4 Å². The first-order chi connectivity index (χ1) is 17.5. The molecular formula is C27H38N2O8. The highest BCUT2D eigenvalue weighted by Gasteiger charge is 2.45. The molecule has 0 atom stereocenters. The normalized spacial score (nSPS) is 23.6. The molecule has 1 saturated carbocycles. The van der Waals surface area contributed by atoms with Crippen LogP contribution in [-0.4, -0.2) is 98.2 Å². The molecule has 0 N–H and O–H groups in total. The summed E-state index contributed by atoms with van der Waals surface area (Å²) in [5, 5.41) is 0. The van der Waals surface area contributed by atoms with Gasteiger partial charge >= 0.3 is 18.0 Å². The van der Waals surface area contributed by atoms with Gasteiger partial charge in [0.15, 0.2) is 0 Å². The number of hydrogen-bond donors (Lipinski definition) is 0. The Balaban J connectivity index is 1.29. The molecule has 0 unspecified atom stereocenters. The molecular weight excluding hydrogens is 480 g/mol. The maximum atomic E-state index is 12.4. The Hall–Kier alpha value is -2.85. The number of esters is 2. The molecule has 10 heteroatoms. The molecule has 0 aromatic heterocycles. The lowest BCUT2D eigenvalue weighted by molar-refractivity contribution is -0.154. The number of morpholine rings is 1. The third-order valence-electron chi connectivity index (χ3n) is 7.30. The van der Waals surface area contributed by atoms with Crippen molar-refractivity contribution < 1.29 is 38.1 Å². The number of carbonyl (C=O) groups excluding carboxylic acids is 3. The fourth-order valence-electron chi connectivity index (χ4n) is 5.20. The summed E-state index contributed by atoms with van der Waals surface area (Å²) in [6, 6.07) is 5.13. The van der Waals surface area contributed by atoms with Crippen LogP contribution in [0.2, 0.25) is 0 Å². The van der Waals surface area contributed by atoms with Gasteiger partial charge in [-0.15, -0.1) is 0 Å². The average molecular weight is 519 g/mol. The van der Waals surface area contributed by atoms with Gasteiger partial charge in [0.05, 0.1) is 37.6 Å². The topological polar surface area (TPSA) is 104 Å². The number of ether oxygens (including phenoxy) is 5. The van der Waals surface area contributed by atoms with E-state index in [2.05, 4.69) is 4.90 Å². The van der Waals surface area contributed by atoms with Crippen LogP contribution in [0.4, 0.5) is 4.79 Å². The lowest BCUT2D eigenvalue weighted by Crippen LogP contribution is -2.62. The molecule has 1 aromatic carbocycles. The van der Waals surface area contributed by atoms with Crippen LogP contribution in [0.25, 0.3) is 0 Å². The number of likely N-dealkylation sites (tertiary alicyclic amines) is 1. The average Bonchev–Trinajstić information content (AvgIpc) is 2.84. The summed E-state index contributed by atoms with van der Waals surface area (Å²) in [6.45, 7) is 9.27. The Bertz CT molecular complexity index is 1010. The van der Waals surface area contributed by atoms with Crippen LogP contribution < -0.4 is 4.74 Å². The van der Waals surface area contributed by atoms with Gasteiger partial charge in [0.2, 0.25) is 0 Å². The Morgan fingerprint density at radius 3 is 2.24 bits per heavy atom. The third kappa shape index (κ3) is 6.35. The molecule has 4 rings (SSSR count). The monoisotopic (exact) mass is 518 g/mol. The molecule has 0 bridgehead atoms. The number of piperidine rings is 1. The summed E-state index contributed by atoms with van der Waals surface area (Å²) in [4.78, 5) is 40.9. The lowest BCUT2D eigenvalue weighted by atomic mass is 9.84. The third-order valence-corrected chi connectivity index (χ3v) is 7.30. The predicted octanol–water partition coefficient (Wildman–Crippen LogP) is 3.27. The quantitative estimate of drug-likeness (QED) is 0.429. The largest absolute Gasteiger partial charge is 0.490 e. The summed E-state index contributed by atoms with van der Waals surface area (Å²) < 4.78 is 27.5. The van der Waals surface area contributed by atoms with Crippen molar-refractivity contribution in [3.8, 4) is 5.75 Å². The second-order valence-corrected chi connectivity index (χ2v) is 11.0. The molecule has 3 aliphatic rings. The highest BCUT2D eigenvalue weighted by Crippen LogP contribution is 2.36. The van der Waals surface area contributed by atoms with E-state index < -0.39 is 17.5 Å². The van der Waals surface area contributed by atoms with Crippen molar-refractivity contribution in [2.24, 2.45) is 0 Å². The molecule has 0 radical (unpaired) electrons. The van der Waals surface area contributed by atoms with E-state index in [0.29, 0.717) is 31.5 Å². The van der Waals surface area contributed by atoms with Gasteiger partial charge in [0, 0.05) is 45.1 Å². The molecule has 204 valence electrons. The van der Waals surface area contributed by atoms with Crippen molar-refractivity contribution >= 4 is 18.0 Å². The molecule has 2 heterocycles. The SMILES string of the molecule is COC(=O)c1ccc(OC2CC(N3CCOC4(CCN(C(=O)OC(C)(C)C)CC4)C3)C2)cc1C(=O)OC. The molecule has 37 heavy (non-hydrogen) atoms. The molecule has 2 aliphatic heterocycles. The number of hydrogen-bond acceptors (Lipinski definition) is 9. The fourth-order valence-corrected chi connectivity index (χ4v) is 5.20. The van der Waals surface area contributed by atoms with Crippen molar-refractivity contribution in [2.75, 3.05) is 47.0 Å². The first-order valence-corrected chi connectivity index (χ1v) is 12.9. The molecule has 2 saturated heterocycles. The zero-order valence-electron chi connectivity index (χ0n) is 22.4. The van der Waals surface area contributed by atoms with Crippen LogP contribution >= 0.6 is 0 Å². The van der Waals surface area contributed by atoms with Gasteiger partial charge < -0.3 is 28.6 Å². The number of amides is 1. The number of methoxy groups -OCH3 is 2. The van der Waals surface area contributed by atoms with Crippen molar-refractivity contribution in [1.82, 2.24) is 9.80 Å². The van der Waals surface area contributed by atoms with Gasteiger partial charge in [-0.05, 0) is 51.8 Å². The van der Waals surface area contributed by atoms with E-state index in [1.807, 2.05) is 20.8 Å². The molecule has 1 amide bonds. The number of nitrogens with zero attached hydrogens (tertiary/aromatic N) is 2. The van der Waals surface area contributed by atoms with E-state index in [4.69, 9.17) is 23.7 Å². The van der Waals surface area contributed by atoms with Crippen molar-refractivity contribution in [2.45, 2.75) is 69.8 Å². The zero-order chi connectivity index (χ0) is 26.8. The molecule has 3 fully saturated rings. The van der Waals surface area contributed by atoms with Gasteiger partial charge in [-0.3, -0.25) is 4.90 Å². The van der Waals surface area contributed by atoms with E-state index in [-0.39, 0.29) is 28.9 Å². The highest BCUT2D eigenvalue weighted by molar-refractivity contribution is 6.03. The second-order valence-electron chi connectivity index (χ2n) is 11.0. The van der Waals surface area contributed by atoms with E-state index in [0.717, 1.165) is 38.8 Å². The number of carbonyl (C=O) groups is 3. The first kappa shape index (κ1) is 27.2. The minimum absolute atomic E-state index is 0.0206. The van der Waals surface area contributed by atoms with Crippen molar-refractivity contribution in [3.05, 3.63) is 29.3 Å². The second kappa shape index (κ2) is 10.9. The van der Waals surface area contributed by atoms with Crippen molar-refractivity contribution in [1.29, 1.82) is 0 Å². The Kier molecular flexibility index (Phi) is 7.99. The molecule has 1 spiro atoms. The first-order valence-electron chi connectivity index (χ1n) is 12.9. The standard InChI is InChI=1S/C27H38N2O8/c1-26(2,3)37-25(32)28-10-8-27(9-11-28)17-29(12-13-35-27)18-14-20(15-18)36-19-6-7-21(23(30)33-4)22(16-19)24(31)34-5/h6-7,16,18,20H,8-15,17H2,1-5H3. The van der Waals surface area contributed by atoms with Gasteiger partial charge in [0.25, 0.3) is 0 Å². The molecule has 1 aromatic rings. The van der Waals surface area contributed by atoms with E-state index in [9.17, 15) is 14.4 Å². The van der Waals surface area contributed by atoms with Gasteiger partial charge in [0.1, 0.15) is 17.5 Å². The van der Waals surface area contributed by atoms with Crippen LogP contribution in [-0.2, 0) is 18.9 Å². The summed E-state index contributed by atoms with van der Waals surface area (Å²) >= 11 is 0. The van der Waals surface area contributed by atoms with Crippen LogP contribution in [0.3, 0.4) is 0 Å². The van der Waals surface area contributed by atoms with E-state index in [1.54, 1.807) is 11.0 Å². The zero-order valence-corrected chi connectivity index (χ0v) is 22.4. The lowest BCUT2D eigenvalue weighted by Gasteiger charge is -2.51. The highest BCUT2D eigenvalue weighted by atomic mass is 16.6. The maximum Gasteiger partial charge on any atom is 0.410 e. The number of rotatable bonds is 5. The van der Waals surface area contributed by atoms with Crippen LogP contribution in [0.5, 0.6) is 5.75 Å². The van der Waals surface area contributed by atoms with E-state index >= 15 is 0 Å².